The van der Waals surface area contributed by atoms with Crippen LogP contribution in [0.1, 0.15) is 21.5 Å². The lowest BCUT2D eigenvalue weighted by molar-refractivity contribution is -0.137. The Balaban J connectivity index is 2.05. The molecule has 0 radical (unpaired) electrons. The summed E-state index contributed by atoms with van der Waals surface area (Å²) in [6.45, 7) is 0. The van der Waals surface area contributed by atoms with Crippen molar-refractivity contribution in [3.63, 3.8) is 0 Å². The van der Waals surface area contributed by atoms with Crippen LogP contribution in [0.3, 0.4) is 0 Å². The molecule has 31 heavy (non-hydrogen) atoms. The molecule has 0 aliphatic carbocycles. The minimum absolute atomic E-state index is 0.0553. The standard InChI is InChI=1S/C20H14F3NO6S/c1-29-13-7-6-10(15(18(26)27)16(13)30-2)8-14-17(25)24(19(28)31-14)12-5-3-4-11(9-12)20(21,22)23/h3-9H,1-2H3,(H,26,27)/b14-8+. The van der Waals surface area contributed by atoms with Crippen molar-refractivity contribution in [3.05, 3.63) is 58.0 Å². The monoisotopic (exact) mass is 453 g/mol. The van der Waals surface area contributed by atoms with Gasteiger partial charge in [0.2, 0.25) is 0 Å². The summed E-state index contributed by atoms with van der Waals surface area (Å²) in [7, 11) is 2.57. The molecule has 0 unspecified atom stereocenters. The van der Waals surface area contributed by atoms with E-state index >= 15 is 0 Å². The first-order chi connectivity index (χ1) is 14.6. The average molecular weight is 453 g/mol. The van der Waals surface area contributed by atoms with Crippen molar-refractivity contribution < 1.29 is 42.1 Å². The minimum atomic E-state index is -4.65. The molecular formula is C20H14F3NO6S. The number of rotatable bonds is 5. The first-order valence-corrected chi connectivity index (χ1v) is 9.33. The Morgan fingerprint density at radius 1 is 1.13 bits per heavy atom. The van der Waals surface area contributed by atoms with Crippen LogP contribution in [-0.2, 0) is 11.0 Å². The Morgan fingerprint density at radius 3 is 2.42 bits per heavy atom. The second kappa shape index (κ2) is 8.34. The van der Waals surface area contributed by atoms with Gasteiger partial charge in [0, 0.05) is 0 Å². The topological polar surface area (TPSA) is 93.1 Å². The van der Waals surface area contributed by atoms with E-state index in [4.69, 9.17) is 9.47 Å². The van der Waals surface area contributed by atoms with Gasteiger partial charge in [0.15, 0.2) is 11.5 Å². The summed E-state index contributed by atoms with van der Waals surface area (Å²) in [4.78, 5) is 37.4. The van der Waals surface area contributed by atoms with E-state index in [0.717, 1.165) is 12.1 Å². The highest BCUT2D eigenvalue weighted by Gasteiger charge is 2.38. The quantitative estimate of drug-likeness (QED) is 0.658. The van der Waals surface area contributed by atoms with Gasteiger partial charge in [0.1, 0.15) is 5.56 Å². The highest BCUT2D eigenvalue weighted by atomic mass is 32.2. The van der Waals surface area contributed by atoms with E-state index in [1.807, 2.05) is 0 Å². The highest BCUT2D eigenvalue weighted by molar-refractivity contribution is 8.19. The van der Waals surface area contributed by atoms with Crippen LogP contribution in [0.2, 0.25) is 0 Å². The average Bonchev–Trinajstić information content (AvgIpc) is 2.99. The van der Waals surface area contributed by atoms with E-state index in [1.165, 1.54) is 38.5 Å². The number of alkyl halides is 3. The number of benzene rings is 2. The fourth-order valence-electron chi connectivity index (χ4n) is 2.94. The maximum atomic E-state index is 13.0. The highest BCUT2D eigenvalue weighted by Crippen LogP contribution is 2.40. The second-order valence-corrected chi connectivity index (χ2v) is 7.13. The molecule has 2 aromatic carbocycles. The number of hydrogen-bond donors (Lipinski definition) is 1. The maximum absolute atomic E-state index is 13.0. The van der Waals surface area contributed by atoms with Gasteiger partial charge in [-0.05, 0) is 47.7 Å². The molecule has 162 valence electrons. The van der Waals surface area contributed by atoms with Crippen LogP contribution in [0.5, 0.6) is 11.5 Å². The molecule has 1 saturated heterocycles. The van der Waals surface area contributed by atoms with Crippen molar-refractivity contribution in [2.75, 3.05) is 19.1 Å². The van der Waals surface area contributed by atoms with E-state index in [2.05, 4.69) is 0 Å². The number of ether oxygens (including phenoxy) is 2. The minimum Gasteiger partial charge on any atom is -0.493 e. The molecule has 0 bridgehead atoms. The summed E-state index contributed by atoms with van der Waals surface area (Å²) in [5.74, 6) is -2.17. The third kappa shape index (κ3) is 4.22. The van der Waals surface area contributed by atoms with E-state index in [-0.39, 0.29) is 33.2 Å². The van der Waals surface area contributed by atoms with Crippen molar-refractivity contribution in [1.82, 2.24) is 0 Å². The number of hydrogen-bond acceptors (Lipinski definition) is 6. The molecule has 0 saturated carbocycles. The van der Waals surface area contributed by atoms with Gasteiger partial charge in [-0.25, -0.2) is 9.69 Å². The largest absolute Gasteiger partial charge is 0.493 e. The van der Waals surface area contributed by atoms with Gasteiger partial charge in [-0.3, -0.25) is 9.59 Å². The summed E-state index contributed by atoms with van der Waals surface area (Å²) in [5, 5.41) is 8.77. The number of carbonyl (C=O) groups excluding carboxylic acids is 2. The third-order valence-corrected chi connectivity index (χ3v) is 5.17. The molecule has 11 heteroatoms. The number of thioether (sulfide) groups is 1. The van der Waals surface area contributed by atoms with Gasteiger partial charge < -0.3 is 14.6 Å². The van der Waals surface area contributed by atoms with Crippen molar-refractivity contribution >= 4 is 40.6 Å². The van der Waals surface area contributed by atoms with Gasteiger partial charge >= 0.3 is 12.1 Å². The Labute approximate surface area is 178 Å². The summed E-state index contributed by atoms with van der Waals surface area (Å²) >= 11 is 0.481. The van der Waals surface area contributed by atoms with E-state index in [1.54, 1.807) is 0 Å². The smallest absolute Gasteiger partial charge is 0.416 e. The number of anilines is 1. The number of imide groups is 1. The lowest BCUT2D eigenvalue weighted by atomic mass is 10.0. The van der Waals surface area contributed by atoms with Crippen LogP contribution in [-0.4, -0.2) is 36.4 Å². The van der Waals surface area contributed by atoms with Crippen molar-refractivity contribution in [2.24, 2.45) is 0 Å². The molecule has 2 aromatic rings. The first kappa shape index (κ1) is 22.2. The van der Waals surface area contributed by atoms with E-state index in [0.29, 0.717) is 22.7 Å². The van der Waals surface area contributed by atoms with Crippen LogP contribution >= 0.6 is 11.8 Å². The molecule has 1 aliphatic heterocycles. The van der Waals surface area contributed by atoms with Gasteiger partial charge in [-0.15, -0.1) is 0 Å². The van der Waals surface area contributed by atoms with Gasteiger partial charge in [-0.1, -0.05) is 12.1 Å². The lowest BCUT2D eigenvalue weighted by Crippen LogP contribution is -2.28. The molecular weight excluding hydrogens is 439 g/mol. The number of aromatic carboxylic acids is 1. The van der Waals surface area contributed by atoms with Crippen molar-refractivity contribution in [3.8, 4) is 11.5 Å². The molecule has 1 N–H and O–H groups in total. The van der Waals surface area contributed by atoms with Crippen molar-refractivity contribution in [1.29, 1.82) is 0 Å². The molecule has 0 spiro atoms. The Bertz CT molecular complexity index is 1110. The SMILES string of the molecule is COc1ccc(/C=C2/SC(=O)N(c3cccc(C(F)(F)F)c3)C2=O)c(C(=O)O)c1OC. The fraction of sp³-hybridized carbons (Fsp3) is 0.150. The number of nitrogens with zero attached hydrogens (tertiary/aromatic N) is 1. The Morgan fingerprint density at radius 2 is 1.84 bits per heavy atom. The summed E-state index contributed by atoms with van der Waals surface area (Å²) in [6.07, 6.45) is -3.48. The van der Waals surface area contributed by atoms with Gasteiger partial charge in [0.25, 0.3) is 11.1 Å². The summed E-state index contributed by atoms with van der Waals surface area (Å²) < 4.78 is 49.1. The summed E-state index contributed by atoms with van der Waals surface area (Å²) in [5.41, 5.74) is -1.50. The molecule has 1 fully saturated rings. The Kier molecular flexibility index (Phi) is 5.98. The number of methoxy groups -OCH3 is 2. The number of carboxylic acid groups (broad SMARTS) is 1. The van der Waals surface area contributed by atoms with Crippen LogP contribution in [0.15, 0.2) is 41.3 Å². The van der Waals surface area contributed by atoms with Crippen LogP contribution in [0.4, 0.5) is 23.7 Å². The van der Waals surface area contributed by atoms with E-state index < -0.39 is 28.9 Å². The van der Waals surface area contributed by atoms with Crippen LogP contribution in [0, 0.1) is 0 Å². The first-order valence-electron chi connectivity index (χ1n) is 8.52. The normalized spacial score (nSPS) is 15.5. The Hall–Kier alpha value is -3.47. The number of halogens is 3. The van der Waals surface area contributed by atoms with Crippen LogP contribution in [0.25, 0.3) is 6.08 Å². The maximum Gasteiger partial charge on any atom is 0.416 e. The van der Waals surface area contributed by atoms with Crippen molar-refractivity contribution in [2.45, 2.75) is 6.18 Å². The number of carboxylic acids is 1. The second-order valence-electron chi connectivity index (χ2n) is 6.14. The fourth-order valence-corrected chi connectivity index (χ4v) is 3.77. The zero-order valence-corrected chi connectivity index (χ0v) is 16.8. The zero-order chi connectivity index (χ0) is 22.9. The molecule has 1 heterocycles. The molecule has 7 nitrogen and oxygen atoms in total. The third-order valence-electron chi connectivity index (χ3n) is 4.30. The predicted molar refractivity (Wildman–Crippen MR) is 106 cm³/mol. The van der Waals surface area contributed by atoms with Gasteiger partial charge in [0.05, 0.1) is 30.4 Å². The van der Waals surface area contributed by atoms with E-state index in [9.17, 15) is 32.7 Å². The number of carbonyl (C=O) groups is 3. The predicted octanol–water partition coefficient (Wildman–Crippen LogP) is 4.66. The molecule has 2 amide bonds. The van der Waals surface area contributed by atoms with Crippen LogP contribution < -0.4 is 14.4 Å². The molecule has 0 aromatic heterocycles. The van der Waals surface area contributed by atoms with Gasteiger partial charge in [-0.2, -0.15) is 13.2 Å². The summed E-state index contributed by atoms with van der Waals surface area (Å²) in [6, 6.07) is 6.59. The zero-order valence-electron chi connectivity index (χ0n) is 16.0. The number of amides is 2. The molecule has 3 rings (SSSR count). The lowest BCUT2D eigenvalue weighted by Gasteiger charge is -2.15. The molecule has 1 aliphatic rings. The molecule has 0 atom stereocenters.